The molecule has 1 fully saturated rings. The van der Waals surface area contributed by atoms with E-state index in [0.717, 1.165) is 49.7 Å². The summed E-state index contributed by atoms with van der Waals surface area (Å²) < 4.78 is 5.21. The van der Waals surface area contributed by atoms with Crippen molar-refractivity contribution in [2.75, 3.05) is 51.8 Å². The summed E-state index contributed by atoms with van der Waals surface area (Å²) in [6.45, 7) is 4.41. The molecule has 2 aromatic rings. The normalized spacial score (nSPS) is 14.9. The quantitative estimate of drug-likeness (QED) is 0.840. The van der Waals surface area contributed by atoms with Crippen LogP contribution in [0.1, 0.15) is 16.1 Å². The Morgan fingerprint density at radius 1 is 1.19 bits per heavy atom. The van der Waals surface area contributed by atoms with E-state index in [1.54, 1.807) is 19.5 Å². The zero-order chi connectivity index (χ0) is 18.4. The first-order chi connectivity index (χ1) is 12.7. The van der Waals surface area contributed by atoms with Gasteiger partial charge in [0, 0.05) is 32.7 Å². The van der Waals surface area contributed by atoms with Crippen molar-refractivity contribution in [1.82, 2.24) is 20.2 Å². The van der Waals surface area contributed by atoms with Crippen LogP contribution in [-0.4, -0.2) is 67.7 Å². The lowest BCUT2D eigenvalue weighted by Crippen LogP contribution is -2.44. The van der Waals surface area contributed by atoms with Gasteiger partial charge in [-0.25, -0.2) is 9.97 Å². The number of amides is 1. The van der Waals surface area contributed by atoms with Crippen molar-refractivity contribution < 1.29 is 9.53 Å². The van der Waals surface area contributed by atoms with Crippen LogP contribution in [0.2, 0.25) is 0 Å². The third kappa shape index (κ3) is 4.70. The minimum absolute atomic E-state index is 0.203. The van der Waals surface area contributed by atoms with E-state index < -0.39 is 0 Å². The average Bonchev–Trinajstić information content (AvgIpc) is 2.69. The van der Waals surface area contributed by atoms with Gasteiger partial charge >= 0.3 is 0 Å². The highest BCUT2D eigenvalue weighted by Crippen LogP contribution is 2.13. The number of hydrogen-bond donors (Lipinski definition) is 1. The molecule has 0 bridgehead atoms. The molecular formula is C19H25N5O2. The minimum atomic E-state index is -0.203. The molecule has 1 aromatic heterocycles. The Balaban J connectivity index is 1.50. The topological polar surface area (TPSA) is 70.6 Å². The third-order valence-corrected chi connectivity index (χ3v) is 4.53. The van der Waals surface area contributed by atoms with Crippen LogP contribution in [0.5, 0.6) is 5.75 Å². The van der Waals surface area contributed by atoms with E-state index in [2.05, 4.69) is 32.1 Å². The maximum atomic E-state index is 12.2. The van der Waals surface area contributed by atoms with Crippen LogP contribution in [0.25, 0.3) is 0 Å². The fourth-order valence-electron chi connectivity index (χ4n) is 2.88. The molecule has 3 rings (SSSR count). The van der Waals surface area contributed by atoms with Crippen molar-refractivity contribution in [2.24, 2.45) is 0 Å². The summed E-state index contributed by atoms with van der Waals surface area (Å²) in [6, 6.07) is 7.83. The lowest BCUT2D eigenvalue weighted by molar-refractivity contribution is 0.0949. The Morgan fingerprint density at radius 2 is 2.00 bits per heavy atom. The van der Waals surface area contributed by atoms with Crippen molar-refractivity contribution in [3.63, 3.8) is 0 Å². The molecule has 1 aromatic carbocycles. The van der Waals surface area contributed by atoms with Crippen molar-refractivity contribution >= 4 is 11.7 Å². The number of rotatable bonds is 6. The van der Waals surface area contributed by atoms with Crippen LogP contribution in [-0.2, 0) is 6.42 Å². The van der Waals surface area contributed by atoms with Crippen LogP contribution in [0.3, 0.4) is 0 Å². The number of hydrogen-bond acceptors (Lipinski definition) is 6. The lowest BCUT2D eigenvalue weighted by Gasteiger charge is -2.32. The first kappa shape index (κ1) is 18.1. The second-order valence-corrected chi connectivity index (χ2v) is 6.41. The number of aromatic nitrogens is 2. The predicted molar refractivity (Wildman–Crippen MR) is 101 cm³/mol. The molecule has 138 valence electrons. The molecule has 0 atom stereocenters. The average molecular weight is 355 g/mol. The molecule has 0 saturated carbocycles. The standard InChI is InChI=1S/C19H25N5O2/c1-23-8-10-24(11-9-23)18-14-21-17(13-22-18)19(25)20-7-6-15-4-3-5-16(12-15)26-2/h3-5,12-14H,6-11H2,1-2H3,(H,20,25). The summed E-state index contributed by atoms with van der Waals surface area (Å²) in [5.41, 5.74) is 1.45. The van der Waals surface area contributed by atoms with Crippen LogP contribution < -0.4 is 15.0 Å². The summed E-state index contributed by atoms with van der Waals surface area (Å²) in [6.07, 6.45) is 3.96. The Labute approximate surface area is 154 Å². The molecule has 0 aliphatic carbocycles. The van der Waals surface area contributed by atoms with Crippen LogP contribution in [0, 0.1) is 0 Å². The summed E-state index contributed by atoms with van der Waals surface area (Å²) >= 11 is 0. The number of nitrogens with zero attached hydrogens (tertiary/aromatic N) is 4. The maximum absolute atomic E-state index is 12.2. The van der Waals surface area contributed by atoms with Gasteiger partial charge in [0.05, 0.1) is 19.5 Å². The summed E-state index contributed by atoms with van der Waals surface area (Å²) in [5, 5.41) is 2.89. The van der Waals surface area contributed by atoms with Gasteiger partial charge in [-0.3, -0.25) is 4.79 Å². The second kappa shape index (κ2) is 8.62. The number of benzene rings is 1. The van der Waals surface area contributed by atoms with Crippen molar-refractivity contribution in [1.29, 1.82) is 0 Å². The molecule has 1 N–H and O–H groups in total. The molecule has 2 heterocycles. The van der Waals surface area contributed by atoms with Crippen LogP contribution in [0.4, 0.5) is 5.82 Å². The summed E-state index contributed by atoms with van der Waals surface area (Å²) in [5.74, 6) is 1.44. The van der Waals surface area contributed by atoms with Crippen LogP contribution in [0.15, 0.2) is 36.7 Å². The van der Waals surface area contributed by atoms with Gasteiger partial charge < -0.3 is 19.9 Å². The number of anilines is 1. The maximum Gasteiger partial charge on any atom is 0.271 e. The molecule has 1 saturated heterocycles. The van der Waals surface area contributed by atoms with Crippen molar-refractivity contribution in [3.05, 3.63) is 47.9 Å². The van der Waals surface area contributed by atoms with Gasteiger partial charge in [-0.2, -0.15) is 0 Å². The molecule has 1 aliphatic heterocycles. The number of ether oxygens (including phenoxy) is 1. The minimum Gasteiger partial charge on any atom is -0.497 e. The molecule has 1 amide bonds. The molecule has 0 radical (unpaired) electrons. The van der Waals surface area contributed by atoms with E-state index in [0.29, 0.717) is 12.2 Å². The highest BCUT2D eigenvalue weighted by molar-refractivity contribution is 5.92. The highest BCUT2D eigenvalue weighted by atomic mass is 16.5. The molecule has 7 nitrogen and oxygen atoms in total. The van der Waals surface area contributed by atoms with Crippen LogP contribution >= 0.6 is 0 Å². The number of nitrogens with one attached hydrogen (secondary N) is 1. The zero-order valence-electron chi connectivity index (χ0n) is 15.3. The SMILES string of the molecule is COc1cccc(CCNC(=O)c2cnc(N3CCN(C)CC3)cn2)c1. The van der Waals surface area contributed by atoms with E-state index in [9.17, 15) is 4.79 Å². The molecule has 0 spiro atoms. The van der Waals surface area contributed by atoms with Gasteiger partial charge in [-0.05, 0) is 31.2 Å². The molecule has 26 heavy (non-hydrogen) atoms. The monoisotopic (exact) mass is 355 g/mol. The second-order valence-electron chi connectivity index (χ2n) is 6.41. The van der Waals surface area contributed by atoms with Gasteiger partial charge in [-0.1, -0.05) is 12.1 Å². The Kier molecular flexibility index (Phi) is 6.01. The van der Waals surface area contributed by atoms with E-state index in [1.165, 1.54) is 0 Å². The van der Waals surface area contributed by atoms with Gasteiger partial charge in [-0.15, -0.1) is 0 Å². The highest BCUT2D eigenvalue weighted by Gasteiger charge is 2.16. The van der Waals surface area contributed by atoms with Gasteiger partial charge in [0.2, 0.25) is 0 Å². The molecule has 7 heteroatoms. The van der Waals surface area contributed by atoms with E-state index >= 15 is 0 Å². The van der Waals surface area contributed by atoms with E-state index in [1.807, 2.05) is 24.3 Å². The zero-order valence-corrected chi connectivity index (χ0v) is 15.3. The molecular weight excluding hydrogens is 330 g/mol. The summed E-state index contributed by atoms with van der Waals surface area (Å²) in [4.78, 5) is 25.4. The first-order valence-electron chi connectivity index (χ1n) is 8.82. The largest absolute Gasteiger partial charge is 0.497 e. The van der Waals surface area contributed by atoms with Gasteiger partial charge in [0.15, 0.2) is 0 Å². The van der Waals surface area contributed by atoms with E-state index in [-0.39, 0.29) is 5.91 Å². The number of carbonyl (C=O) groups is 1. The number of carbonyl (C=O) groups excluding carboxylic acids is 1. The lowest BCUT2D eigenvalue weighted by atomic mass is 10.1. The number of piperazine rings is 1. The summed E-state index contributed by atoms with van der Waals surface area (Å²) in [7, 11) is 3.76. The van der Waals surface area contributed by atoms with E-state index in [4.69, 9.17) is 4.74 Å². The molecule has 0 unspecified atom stereocenters. The third-order valence-electron chi connectivity index (χ3n) is 4.53. The number of likely N-dealkylation sites (N-methyl/N-ethyl adjacent to an activating group) is 1. The predicted octanol–water partition coefficient (Wildman–Crippen LogP) is 1.21. The Hall–Kier alpha value is -2.67. The number of methoxy groups -OCH3 is 1. The fraction of sp³-hybridized carbons (Fsp3) is 0.421. The fourth-order valence-corrected chi connectivity index (χ4v) is 2.88. The Morgan fingerprint density at radius 3 is 2.69 bits per heavy atom. The molecule has 1 aliphatic rings. The van der Waals surface area contributed by atoms with Crippen molar-refractivity contribution in [2.45, 2.75) is 6.42 Å². The van der Waals surface area contributed by atoms with Gasteiger partial charge in [0.25, 0.3) is 5.91 Å². The first-order valence-corrected chi connectivity index (χ1v) is 8.82. The Bertz CT molecular complexity index is 727. The van der Waals surface area contributed by atoms with Crippen molar-refractivity contribution in [3.8, 4) is 5.75 Å². The van der Waals surface area contributed by atoms with Gasteiger partial charge in [0.1, 0.15) is 17.3 Å². The smallest absolute Gasteiger partial charge is 0.271 e.